The summed E-state index contributed by atoms with van der Waals surface area (Å²) in [6.45, 7) is -0.479. The fourth-order valence-electron chi connectivity index (χ4n) is 9.50. The summed E-state index contributed by atoms with van der Waals surface area (Å²) in [7, 11) is 3.68. The molecule has 23 heteroatoms. The molecule has 4 aliphatic rings. The van der Waals surface area contributed by atoms with Crippen LogP contribution in [0.1, 0.15) is 40.8 Å². The maximum atomic E-state index is 14.9. The molecule has 80 heavy (non-hydrogen) atoms. The Balaban J connectivity index is 0.000000201. The fourth-order valence-corrected chi connectivity index (χ4v) is 9.90. The Kier molecular flexibility index (Phi) is 17.6. The second kappa shape index (κ2) is 23.8. The van der Waals surface area contributed by atoms with E-state index in [0.29, 0.717) is 11.1 Å². The van der Waals surface area contributed by atoms with Crippen molar-refractivity contribution in [2.45, 2.75) is 43.9 Å². The first-order valence-corrected chi connectivity index (χ1v) is 25.0. The highest BCUT2D eigenvalue weighted by molar-refractivity contribution is 9.10. The summed E-state index contributed by atoms with van der Waals surface area (Å²) in [6.07, 6.45) is -8.97. The van der Waals surface area contributed by atoms with E-state index in [2.05, 4.69) is 31.9 Å². The molecule has 0 aromatic heterocycles. The maximum Gasteiger partial charge on any atom is 0.416 e. The lowest BCUT2D eigenvalue weighted by Gasteiger charge is -2.58. The minimum Gasteiger partial charge on any atom is -0.388 e. The molecule has 0 saturated carbocycles. The molecule has 0 aliphatic carbocycles. The van der Waals surface area contributed by atoms with Gasteiger partial charge in [-0.25, -0.2) is 8.78 Å². The number of carbonyl (C=O) groups excluding carboxylic acids is 4. The van der Waals surface area contributed by atoms with Gasteiger partial charge in [-0.1, -0.05) is 59.8 Å². The van der Waals surface area contributed by atoms with E-state index in [0.717, 1.165) is 67.7 Å². The van der Waals surface area contributed by atoms with E-state index in [-0.39, 0.29) is 69.2 Å². The number of nitrogens with zero attached hydrogens (tertiary/aromatic N) is 7. The Morgan fingerprint density at radius 3 is 1.39 bits per heavy atom. The second-order valence-corrected chi connectivity index (χ2v) is 19.7. The molecule has 3 N–H and O–H groups in total. The van der Waals surface area contributed by atoms with Crippen LogP contribution in [0.5, 0.6) is 0 Å². The van der Waals surface area contributed by atoms with Gasteiger partial charge in [0.25, 0.3) is 11.8 Å². The van der Waals surface area contributed by atoms with Crippen molar-refractivity contribution in [2.75, 3.05) is 78.7 Å². The van der Waals surface area contributed by atoms with Gasteiger partial charge in [0, 0.05) is 61.8 Å². The molecule has 0 atom stereocenters. The molecule has 0 unspecified atom stereocenters. The Morgan fingerprint density at radius 1 is 0.588 bits per heavy atom. The standard InChI is InChI=1S/C28H23F4N5O2.C21H16F4N4O2.C7H8BrN.CH4/c1-34-21-3-2-4-22(12-21)35-16-27(17-35)26(39)36(24-10-7-19(13-33)11-23(24)29)15-25(38)37(27)14-18-5-8-20(9-6-18)28(30,31)32;22-16-7-14(8-26)3-6-17(16)28-10-18(30)29(20(19(28)31)11-27-12-20)9-13-1-4-15(5-2-13)21(23,24)25;1-9-7-4-2-3-6(8)5-7;/h2-12,34H,14-17H2,1H3;1-7,27H,9-12H2;2-5,9H,1H3;1H4. The predicted octanol–water partition coefficient (Wildman–Crippen LogP) is 9.95. The first kappa shape index (κ1) is 59.1. The van der Waals surface area contributed by atoms with E-state index in [1.54, 1.807) is 13.1 Å². The van der Waals surface area contributed by atoms with Crippen molar-refractivity contribution >= 4 is 68.0 Å². The SMILES string of the molecule is C.CNc1cccc(Br)c1.CNc1cccc(N2CC3(C2)C(=O)N(c2ccc(C#N)cc2F)CC(=O)N3Cc2ccc(C(F)(F)F)cc2)c1.N#Cc1ccc(N2CC(=O)N(Cc3ccc(C(F)(F)F)cc3)C3(CNC3)C2=O)c(F)c1. The van der Waals surface area contributed by atoms with Crippen molar-refractivity contribution in [2.24, 2.45) is 0 Å². The third-order valence-corrected chi connectivity index (χ3v) is 14.3. The Labute approximate surface area is 463 Å². The van der Waals surface area contributed by atoms with Crippen LogP contribution in [0.4, 0.5) is 63.6 Å². The van der Waals surface area contributed by atoms with Gasteiger partial charge in [0.1, 0.15) is 30.3 Å². The van der Waals surface area contributed by atoms with Crippen LogP contribution in [0.25, 0.3) is 0 Å². The summed E-state index contributed by atoms with van der Waals surface area (Å²) < 4.78 is 108. The monoisotopic (exact) mass is 1170 g/mol. The molecule has 4 aliphatic heterocycles. The van der Waals surface area contributed by atoms with E-state index >= 15 is 0 Å². The highest BCUT2D eigenvalue weighted by Crippen LogP contribution is 2.41. The van der Waals surface area contributed by atoms with Crippen molar-refractivity contribution in [1.82, 2.24) is 15.1 Å². The fraction of sp³-hybridized carbons (Fsp3) is 0.263. The molecule has 10 rings (SSSR count). The normalized spacial score (nSPS) is 16.2. The number of rotatable bonds is 9. The van der Waals surface area contributed by atoms with Gasteiger partial charge in [-0.3, -0.25) is 29.0 Å². The van der Waals surface area contributed by atoms with Crippen LogP contribution in [0.15, 0.2) is 138 Å². The van der Waals surface area contributed by atoms with Crippen LogP contribution in [0.3, 0.4) is 0 Å². The number of benzene rings is 6. The van der Waals surface area contributed by atoms with Gasteiger partial charge in [-0.15, -0.1) is 0 Å². The molecule has 0 radical (unpaired) electrons. The molecular formula is C57H51BrF8N10O4. The summed E-state index contributed by atoms with van der Waals surface area (Å²) in [6, 6.07) is 35.3. The summed E-state index contributed by atoms with van der Waals surface area (Å²) in [5, 5.41) is 27.0. The zero-order valence-corrected chi connectivity index (χ0v) is 43.6. The molecule has 14 nitrogen and oxygen atoms in total. The zero-order valence-electron chi connectivity index (χ0n) is 42.0. The molecular weight excluding hydrogens is 1120 g/mol. The highest BCUT2D eigenvalue weighted by atomic mass is 79.9. The lowest BCUT2D eigenvalue weighted by molar-refractivity contribution is -0.155. The first-order valence-electron chi connectivity index (χ1n) is 24.2. The van der Waals surface area contributed by atoms with Crippen molar-refractivity contribution in [1.29, 1.82) is 10.5 Å². The van der Waals surface area contributed by atoms with Gasteiger partial charge >= 0.3 is 12.4 Å². The van der Waals surface area contributed by atoms with Gasteiger partial charge in [0.15, 0.2) is 5.54 Å². The van der Waals surface area contributed by atoms with Gasteiger partial charge in [0.05, 0.1) is 58.9 Å². The van der Waals surface area contributed by atoms with E-state index in [4.69, 9.17) is 10.5 Å². The lowest BCUT2D eigenvalue weighted by atomic mass is 9.82. The minimum atomic E-state index is -4.50. The number of hydrogen-bond acceptors (Lipinski definition) is 10. The Morgan fingerprint density at radius 2 is 1.01 bits per heavy atom. The van der Waals surface area contributed by atoms with E-state index < -0.39 is 82.9 Å². The summed E-state index contributed by atoms with van der Waals surface area (Å²) in [5.41, 5.74) is -0.637. The van der Waals surface area contributed by atoms with E-state index in [1.807, 2.05) is 66.5 Å². The number of nitrogens with one attached hydrogen (secondary N) is 3. The van der Waals surface area contributed by atoms with Gasteiger partial charge < -0.3 is 30.7 Å². The second-order valence-electron chi connectivity index (χ2n) is 18.8. The van der Waals surface area contributed by atoms with Crippen molar-refractivity contribution < 1.29 is 54.3 Å². The third-order valence-electron chi connectivity index (χ3n) is 13.8. The van der Waals surface area contributed by atoms with Crippen LogP contribution in [0.2, 0.25) is 0 Å². The molecule has 6 aromatic rings. The van der Waals surface area contributed by atoms with Crippen molar-refractivity contribution in [3.8, 4) is 12.1 Å². The van der Waals surface area contributed by atoms with E-state index in [9.17, 15) is 54.3 Å². The van der Waals surface area contributed by atoms with Gasteiger partial charge in [0.2, 0.25) is 11.8 Å². The Bertz CT molecular complexity index is 3380. The molecule has 2 spiro atoms. The number of piperazine rings is 2. The van der Waals surface area contributed by atoms with Crippen LogP contribution >= 0.6 is 15.9 Å². The van der Waals surface area contributed by atoms with Crippen molar-refractivity contribution in [3.05, 3.63) is 183 Å². The van der Waals surface area contributed by atoms with Crippen LogP contribution < -0.4 is 30.7 Å². The molecule has 4 amide bonds. The molecule has 4 heterocycles. The number of hydrogen-bond donors (Lipinski definition) is 3. The topological polar surface area (TPSA) is 168 Å². The average molecular weight is 1170 g/mol. The van der Waals surface area contributed by atoms with Crippen LogP contribution in [-0.2, 0) is 44.6 Å². The van der Waals surface area contributed by atoms with Crippen LogP contribution in [0, 0.1) is 34.3 Å². The number of halogens is 9. The quantitative estimate of drug-likeness (QED) is 0.119. The van der Waals surface area contributed by atoms with Crippen molar-refractivity contribution in [3.63, 3.8) is 0 Å². The summed E-state index contributed by atoms with van der Waals surface area (Å²) >= 11 is 3.36. The molecule has 6 aromatic carbocycles. The van der Waals surface area contributed by atoms with Crippen LogP contribution in [-0.4, -0.2) is 97.9 Å². The number of alkyl halides is 6. The number of anilines is 5. The minimum absolute atomic E-state index is 0. The summed E-state index contributed by atoms with van der Waals surface area (Å²) in [4.78, 5) is 60.5. The molecule has 4 saturated heterocycles. The average Bonchev–Trinajstić information content (AvgIpc) is 3.40. The number of amides is 4. The number of carbonyl (C=O) groups is 4. The summed E-state index contributed by atoms with van der Waals surface area (Å²) in [5.74, 6) is -3.51. The van der Waals surface area contributed by atoms with Gasteiger partial charge in [-0.2, -0.15) is 36.9 Å². The highest BCUT2D eigenvalue weighted by Gasteiger charge is 2.60. The van der Waals surface area contributed by atoms with E-state index in [1.165, 1.54) is 58.3 Å². The molecule has 0 bridgehead atoms. The van der Waals surface area contributed by atoms with Gasteiger partial charge in [-0.05, 0) is 108 Å². The number of nitriles is 2. The largest absolute Gasteiger partial charge is 0.416 e. The third kappa shape index (κ3) is 12.2. The Hall–Kier alpha value is -8.54. The maximum absolute atomic E-state index is 14.9. The zero-order chi connectivity index (χ0) is 57.0. The molecule has 4 fully saturated rings. The lowest BCUT2D eigenvalue weighted by Crippen LogP contribution is -2.81. The smallest absolute Gasteiger partial charge is 0.388 e. The molecule has 416 valence electrons. The first-order chi connectivity index (χ1) is 37.5. The predicted molar refractivity (Wildman–Crippen MR) is 288 cm³/mol.